The molecule has 0 unspecified atom stereocenters. The number of aromatic nitrogens is 3. The van der Waals surface area contributed by atoms with E-state index >= 15 is 0 Å². The van der Waals surface area contributed by atoms with Crippen LogP contribution in [0.15, 0.2) is 18.3 Å². The first kappa shape index (κ1) is 12.6. The molecule has 0 bridgehead atoms. The van der Waals surface area contributed by atoms with Crippen LogP contribution in [0.3, 0.4) is 0 Å². The average Bonchev–Trinajstić information content (AvgIpc) is 2.77. The molecular weight excluding hydrogens is 238 g/mol. The Labute approximate surface area is 113 Å². The third kappa shape index (κ3) is 2.50. The lowest BCUT2D eigenvalue weighted by Crippen LogP contribution is -2.20. The molecule has 19 heavy (non-hydrogen) atoms. The lowest BCUT2D eigenvalue weighted by atomic mass is 9.96. The zero-order chi connectivity index (χ0) is 13.2. The van der Waals surface area contributed by atoms with Crippen LogP contribution in [-0.2, 0) is 11.2 Å². The van der Waals surface area contributed by atoms with Gasteiger partial charge in [0, 0.05) is 31.9 Å². The zero-order valence-corrected chi connectivity index (χ0v) is 11.7. The number of hydrogen-bond acceptors (Lipinski definition) is 3. The molecule has 0 aromatic carbocycles. The third-order valence-electron chi connectivity index (χ3n) is 3.85. The van der Waals surface area contributed by atoms with Crippen molar-refractivity contribution in [2.24, 2.45) is 5.92 Å². The third-order valence-corrected chi connectivity index (χ3v) is 3.85. The van der Waals surface area contributed by atoms with Crippen molar-refractivity contribution in [1.82, 2.24) is 14.5 Å². The van der Waals surface area contributed by atoms with Gasteiger partial charge >= 0.3 is 0 Å². The second-order valence-electron chi connectivity index (χ2n) is 5.60. The molecule has 1 aliphatic heterocycles. The number of hydrogen-bond donors (Lipinski definition) is 0. The van der Waals surface area contributed by atoms with E-state index in [2.05, 4.69) is 29.5 Å². The molecule has 1 fully saturated rings. The summed E-state index contributed by atoms with van der Waals surface area (Å²) in [6.07, 6.45) is 5.18. The standard InChI is InChI=1S/C15H21N3O/c1-11(2)18-14(10-12-5-8-19-9-6-12)17-13-4-3-7-16-15(13)18/h3-4,7,11-12H,5-6,8-10H2,1-2H3. The largest absolute Gasteiger partial charge is 0.381 e. The quantitative estimate of drug-likeness (QED) is 0.850. The second-order valence-corrected chi connectivity index (χ2v) is 5.60. The van der Waals surface area contributed by atoms with Crippen LogP contribution in [0.1, 0.15) is 38.6 Å². The molecular formula is C15H21N3O. The molecule has 3 heterocycles. The Kier molecular flexibility index (Phi) is 3.51. The van der Waals surface area contributed by atoms with Crippen molar-refractivity contribution in [1.29, 1.82) is 0 Å². The molecule has 2 aromatic rings. The number of ether oxygens (including phenoxy) is 1. The molecule has 3 rings (SSSR count). The van der Waals surface area contributed by atoms with Gasteiger partial charge < -0.3 is 9.30 Å². The van der Waals surface area contributed by atoms with Crippen LogP contribution in [-0.4, -0.2) is 27.7 Å². The summed E-state index contributed by atoms with van der Waals surface area (Å²) in [5.74, 6) is 1.87. The summed E-state index contributed by atoms with van der Waals surface area (Å²) < 4.78 is 7.72. The molecule has 0 amide bonds. The van der Waals surface area contributed by atoms with Crippen LogP contribution in [0.5, 0.6) is 0 Å². The van der Waals surface area contributed by atoms with Crippen LogP contribution in [0.4, 0.5) is 0 Å². The number of rotatable bonds is 3. The first-order valence-corrected chi connectivity index (χ1v) is 7.15. The topological polar surface area (TPSA) is 39.9 Å². The predicted octanol–water partition coefficient (Wildman–Crippen LogP) is 2.98. The highest BCUT2D eigenvalue weighted by atomic mass is 16.5. The maximum Gasteiger partial charge on any atom is 0.160 e. The van der Waals surface area contributed by atoms with Gasteiger partial charge in [-0.1, -0.05) is 0 Å². The van der Waals surface area contributed by atoms with E-state index in [-0.39, 0.29) is 0 Å². The Bertz CT molecular complexity index is 556. The highest BCUT2D eigenvalue weighted by Gasteiger charge is 2.20. The molecule has 2 aromatic heterocycles. The fourth-order valence-electron chi connectivity index (χ4n) is 2.87. The van der Waals surface area contributed by atoms with Gasteiger partial charge in [-0.3, -0.25) is 0 Å². The molecule has 0 spiro atoms. The number of imidazole rings is 1. The molecule has 102 valence electrons. The maximum atomic E-state index is 5.43. The molecule has 0 radical (unpaired) electrons. The van der Waals surface area contributed by atoms with Gasteiger partial charge in [0.05, 0.1) is 0 Å². The van der Waals surface area contributed by atoms with E-state index in [1.165, 1.54) is 5.82 Å². The molecule has 4 heteroatoms. The van der Waals surface area contributed by atoms with Crippen LogP contribution in [0, 0.1) is 5.92 Å². The van der Waals surface area contributed by atoms with Gasteiger partial charge in [-0.2, -0.15) is 0 Å². The van der Waals surface area contributed by atoms with Crippen LogP contribution < -0.4 is 0 Å². The van der Waals surface area contributed by atoms with Crippen molar-refractivity contribution < 1.29 is 4.74 Å². The summed E-state index contributed by atoms with van der Waals surface area (Å²) in [6.45, 7) is 6.18. The molecule has 0 saturated carbocycles. The molecule has 4 nitrogen and oxygen atoms in total. The van der Waals surface area contributed by atoms with E-state index in [9.17, 15) is 0 Å². The van der Waals surface area contributed by atoms with Crippen LogP contribution >= 0.6 is 0 Å². The first-order valence-electron chi connectivity index (χ1n) is 7.15. The second kappa shape index (κ2) is 5.29. The van der Waals surface area contributed by atoms with Gasteiger partial charge in [0.25, 0.3) is 0 Å². The van der Waals surface area contributed by atoms with Crippen LogP contribution in [0.2, 0.25) is 0 Å². The highest BCUT2D eigenvalue weighted by molar-refractivity contribution is 5.71. The SMILES string of the molecule is CC(C)n1c(CC2CCOCC2)nc2cccnc21. The lowest BCUT2D eigenvalue weighted by molar-refractivity contribution is 0.0657. The fraction of sp³-hybridized carbons (Fsp3) is 0.600. The summed E-state index contributed by atoms with van der Waals surface area (Å²) >= 11 is 0. The van der Waals surface area contributed by atoms with E-state index in [1.54, 1.807) is 0 Å². The van der Waals surface area contributed by atoms with Gasteiger partial charge in [0.2, 0.25) is 0 Å². The van der Waals surface area contributed by atoms with Gasteiger partial charge in [0.15, 0.2) is 5.65 Å². The van der Waals surface area contributed by atoms with Gasteiger partial charge in [0.1, 0.15) is 11.3 Å². The van der Waals surface area contributed by atoms with E-state index in [4.69, 9.17) is 9.72 Å². The molecule has 1 saturated heterocycles. The molecule has 1 aliphatic rings. The number of fused-ring (bicyclic) bond motifs is 1. The van der Waals surface area contributed by atoms with E-state index in [0.29, 0.717) is 12.0 Å². The minimum absolute atomic E-state index is 0.398. The van der Waals surface area contributed by atoms with Crippen molar-refractivity contribution in [2.75, 3.05) is 13.2 Å². The predicted molar refractivity (Wildman–Crippen MR) is 75.2 cm³/mol. The Morgan fingerprint density at radius 2 is 2.16 bits per heavy atom. The summed E-state index contributed by atoms with van der Waals surface area (Å²) in [6, 6.07) is 4.40. The zero-order valence-electron chi connectivity index (χ0n) is 11.7. The summed E-state index contributed by atoms with van der Waals surface area (Å²) in [4.78, 5) is 9.28. The minimum Gasteiger partial charge on any atom is -0.381 e. The van der Waals surface area contributed by atoms with Crippen molar-refractivity contribution in [3.8, 4) is 0 Å². The number of pyridine rings is 1. The average molecular weight is 259 g/mol. The van der Waals surface area contributed by atoms with Crippen molar-refractivity contribution >= 4 is 11.2 Å². The normalized spacial score (nSPS) is 17.4. The Hall–Kier alpha value is -1.42. The molecule has 0 aliphatic carbocycles. The Morgan fingerprint density at radius 3 is 2.89 bits per heavy atom. The maximum absolute atomic E-state index is 5.43. The monoisotopic (exact) mass is 259 g/mol. The summed E-state index contributed by atoms with van der Waals surface area (Å²) in [5, 5.41) is 0. The van der Waals surface area contributed by atoms with Crippen molar-refractivity contribution in [2.45, 2.75) is 39.2 Å². The van der Waals surface area contributed by atoms with Gasteiger partial charge in [-0.25, -0.2) is 9.97 Å². The van der Waals surface area contributed by atoms with Gasteiger partial charge in [-0.05, 0) is 44.7 Å². The van der Waals surface area contributed by atoms with Crippen molar-refractivity contribution in [3.63, 3.8) is 0 Å². The first-order chi connectivity index (χ1) is 9.25. The molecule has 0 N–H and O–H groups in total. The number of nitrogens with zero attached hydrogens (tertiary/aromatic N) is 3. The van der Waals surface area contributed by atoms with Crippen LogP contribution in [0.25, 0.3) is 11.2 Å². The fourth-order valence-corrected chi connectivity index (χ4v) is 2.87. The Morgan fingerprint density at radius 1 is 1.37 bits per heavy atom. The molecule has 0 atom stereocenters. The minimum atomic E-state index is 0.398. The lowest BCUT2D eigenvalue weighted by Gasteiger charge is -2.22. The van der Waals surface area contributed by atoms with E-state index in [1.807, 2.05) is 12.3 Å². The van der Waals surface area contributed by atoms with Crippen molar-refractivity contribution in [3.05, 3.63) is 24.2 Å². The van der Waals surface area contributed by atoms with Gasteiger partial charge in [-0.15, -0.1) is 0 Å². The van der Waals surface area contributed by atoms with E-state index in [0.717, 1.165) is 43.6 Å². The summed E-state index contributed by atoms with van der Waals surface area (Å²) in [5.41, 5.74) is 2.03. The highest BCUT2D eigenvalue weighted by Crippen LogP contribution is 2.24. The smallest absolute Gasteiger partial charge is 0.160 e. The Balaban J connectivity index is 1.95. The van der Waals surface area contributed by atoms with E-state index < -0.39 is 0 Å². The summed E-state index contributed by atoms with van der Waals surface area (Å²) in [7, 11) is 0.